The van der Waals surface area contributed by atoms with Crippen LogP contribution in [0.3, 0.4) is 0 Å². The molecule has 8 heteroatoms. The van der Waals surface area contributed by atoms with Gasteiger partial charge in [-0.25, -0.2) is 4.79 Å². The highest BCUT2D eigenvalue weighted by Crippen LogP contribution is 2.51. The normalized spacial score (nSPS) is 41.7. The topological polar surface area (TPSA) is 94.7 Å². The third kappa shape index (κ3) is 4.00. The van der Waals surface area contributed by atoms with Crippen LogP contribution in [0.2, 0.25) is 0 Å². The molecule has 0 aromatic heterocycles. The van der Waals surface area contributed by atoms with Crippen molar-refractivity contribution >= 4 is 17.9 Å². The van der Waals surface area contributed by atoms with Crippen molar-refractivity contribution in [2.45, 2.75) is 83.5 Å². The third-order valence-corrected chi connectivity index (χ3v) is 6.82. The molecular weight excluding hydrogens is 402 g/mol. The molecule has 0 radical (unpaired) electrons. The highest BCUT2D eigenvalue weighted by molar-refractivity contribution is 5.93. The highest BCUT2D eigenvalue weighted by Gasteiger charge is 2.65. The molecule has 2 saturated heterocycles. The highest BCUT2D eigenvalue weighted by atomic mass is 16.6. The van der Waals surface area contributed by atoms with E-state index in [9.17, 15) is 14.4 Å². The number of hydrogen-bond donors (Lipinski definition) is 0. The lowest BCUT2D eigenvalue weighted by atomic mass is 9.79. The van der Waals surface area contributed by atoms with E-state index in [4.69, 9.17) is 18.9 Å². The van der Waals surface area contributed by atoms with E-state index < -0.39 is 42.0 Å². The number of likely N-dealkylation sites (N-methyl/N-ethyl adjacent to an activating group) is 1. The molecule has 2 bridgehead atoms. The van der Waals surface area contributed by atoms with Crippen molar-refractivity contribution in [2.24, 2.45) is 17.3 Å². The van der Waals surface area contributed by atoms with Gasteiger partial charge in [-0.2, -0.15) is 0 Å². The lowest BCUT2D eigenvalue weighted by molar-refractivity contribution is -0.156. The molecule has 172 valence electrons. The van der Waals surface area contributed by atoms with E-state index in [1.165, 1.54) is 0 Å². The van der Waals surface area contributed by atoms with Crippen LogP contribution >= 0.6 is 0 Å². The molecule has 0 aromatic rings. The number of esters is 3. The molecule has 0 N–H and O–H groups in total. The lowest BCUT2D eigenvalue weighted by Gasteiger charge is -2.33. The first-order chi connectivity index (χ1) is 14.3. The summed E-state index contributed by atoms with van der Waals surface area (Å²) in [6.07, 6.45) is 0.429. The van der Waals surface area contributed by atoms with E-state index in [1.54, 1.807) is 6.08 Å². The van der Waals surface area contributed by atoms with Gasteiger partial charge in [-0.05, 0) is 32.5 Å². The second kappa shape index (κ2) is 7.30. The van der Waals surface area contributed by atoms with Crippen molar-refractivity contribution < 1.29 is 33.3 Å². The number of carbonyl (C=O) groups excluding carboxylic acids is 3. The fourth-order valence-corrected chi connectivity index (χ4v) is 5.27. The van der Waals surface area contributed by atoms with Crippen LogP contribution in [0.25, 0.3) is 0 Å². The van der Waals surface area contributed by atoms with Gasteiger partial charge in [0.25, 0.3) is 0 Å². The molecule has 0 amide bonds. The van der Waals surface area contributed by atoms with E-state index in [0.717, 1.165) is 0 Å². The Balaban J connectivity index is 1.73. The molecular formula is C23H33NO7. The molecule has 31 heavy (non-hydrogen) atoms. The number of fused-ring (bicyclic) bond motifs is 4. The lowest BCUT2D eigenvalue weighted by Crippen LogP contribution is -2.49. The van der Waals surface area contributed by atoms with Crippen molar-refractivity contribution in [1.29, 1.82) is 0 Å². The van der Waals surface area contributed by atoms with E-state index >= 15 is 0 Å². The molecule has 3 heterocycles. The van der Waals surface area contributed by atoms with Crippen LogP contribution in [0.4, 0.5) is 0 Å². The minimum Gasteiger partial charge on any atom is -0.462 e. The smallest absolute Gasteiger partial charge is 0.336 e. The summed E-state index contributed by atoms with van der Waals surface area (Å²) in [5.41, 5.74) is -0.408. The van der Waals surface area contributed by atoms with Crippen LogP contribution in [-0.2, 0) is 33.3 Å². The molecule has 2 fully saturated rings. The summed E-state index contributed by atoms with van der Waals surface area (Å²) >= 11 is 0. The summed E-state index contributed by atoms with van der Waals surface area (Å²) in [6, 6.07) is -0.516. The van der Waals surface area contributed by atoms with Crippen LogP contribution < -0.4 is 0 Å². The van der Waals surface area contributed by atoms with Crippen molar-refractivity contribution in [3.63, 3.8) is 0 Å². The molecule has 8 atom stereocenters. The van der Waals surface area contributed by atoms with Crippen LogP contribution in [0.15, 0.2) is 11.6 Å². The maximum absolute atomic E-state index is 12.9. The number of epoxide rings is 1. The number of ether oxygens (including phenoxy) is 4. The molecule has 4 aliphatic rings. The van der Waals surface area contributed by atoms with Gasteiger partial charge < -0.3 is 18.9 Å². The number of rotatable bonds is 3. The monoisotopic (exact) mass is 435 g/mol. The van der Waals surface area contributed by atoms with Crippen LogP contribution in [0.5, 0.6) is 0 Å². The van der Waals surface area contributed by atoms with Gasteiger partial charge in [-0.15, -0.1) is 0 Å². The Morgan fingerprint density at radius 2 is 1.94 bits per heavy atom. The fraction of sp³-hybridized carbons (Fsp3) is 0.783. The summed E-state index contributed by atoms with van der Waals surface area (Å²) in [7, 11) is 3.69. The van der Waals surface area contributed by atoms with E-state index in [1.807, 2.05) is 53.6 Å². The Morgan fingerprint density at radius 3 is 2.55 bits per heavy atom. The fourth-order valence-electron chi connectivity index (χ4n) is 5.27. The summed E-state index contributed by atoms with van der Waals surface area (Å²) < 4.78 is 23.5. The number of hydrogen-bond acceptors (Lipinski definition) is 8. The molecule has 0 saturated carbocycles. The summed E-state index contributed by atoms with van der Waals surface area (Å²) in [6.45, 7) is 9.68. The van der Waals surface area contributed by atoms with Crippen molar-refractivity contribution in [1.82, 2.24) is 4.90 Å². The van der Waals surface area contributed by atoms with E-state index in [0.29, 0.717) is 12.0 Å². The first kappa shape index (κ1) is 22.3. The zero-order valence-corrected chi connectivity index (χ0v) is 19.3. The molecule has 0 aromatic carbocycles. The van der Waals surface area contributed by atoms with Gasteiger partial charge in [0.15, 0.2) is 6.10 Å². The third-order valence-electron chi connectivity index (χ3n) is 6.82. The zero-order chi connectivity index (χ0) is 22.9. The second-order valence-corrected chi connectivity index (χ2v) is 11.0. The average Bonchev–Trinajstić information content (AvgIpc) is 3.00. The average molecular weight is 436 g/mol. The quantitative estimate of drug-likeness (QED) is 0.377. The second-order valence-electron chi connectivity index (χ2n) is 11.0. The van der Waals surface area contributed by atoms with Gasteiger partial charge in [0.1, 0.15) is 18.3 Å². The van der Waals surface area contributed by atoms with Gasteiger partial charge >= 0.3 is 17.9 Å². The number of carbonyl (C=O) groups is 3. The molecule has 1 unspecified atom stereocenters. The molecule has 0 spiro atoms. The SMILES string of the molecule is CC1C(=O)O[C@H]2C[C@]3(C)O[C@H]3[C@H](OC(=O)CC(C)(C)C)[C@@H](N(C)C)C3=C[C@@H](OC3=O)[C@H]12. The van der Waals surface area contributed by atoms with Crippen LogP contribution in [0, 0.1) is 17.3 Å². The summed E-state index contributed by atoms with van der Waals surface area (Å²) in [5, 5.41) is 0. The Labute approximate surface area is 183 Å². The predicted molar refractivity (Wildman–Crippen MR) is 110 cm³/mol. The first-order valence-electron chi connectivity index (χ1n) is 11.0. The van der Waals surface area contributed by atoms with Gasteiger partial charge in [-0.1, -0.05) is 27.7 Å². The van der Waals surface area contributed by atoms with Gasteiger partial charge in [0.05, 0.1) is 29.6 Å². The first-order valence-corrected chi connectivity index (χ1v) is 11.0. The van der Waals surface area contributed by atoms with Gasteiger partial charge in [-0.3, -0.25) is 14.5 Å². The Kier molecular flexibility index (Phi) is 5.25. The van der Waals surface area contributed by atoms with Gasteiger partial charge in [0, 0.05) is 12.3 Å². The van der Waals surface area contributed by atoms with Crippen molar-refractivity contribution in [3.8, 4) is 0 Å². The maximum atomic E-state index is 12.9. The zero-order valence-electron chi connectivity index (χ0n) is 19.3. The van der Waals surface area contributed by atoms with Gasteiger partial charge in [0.2, 0.25) is 0 Å². The Morgan fingerprint density at radius 1 is 1.26 bits per heavy atom. The molecule has 4 rings (SSSR count). The van der Waals surface area contributed by atoms with E-state index in [-0.39, 0.29) is 35.6 Å². The largest absolute Gasteiger partial charge is 0.462 e. The number of nitrogens with zero attached hydrogens (tertiary/aromatic N) is 1. The maximum Gasteiger partial charge on any atom is 0.336 e. The molecule has 8 nitrogen and oxygen atoms in total. The molecule has 3 aliphatic heterocycles. The molecule has 1 aliphatic carbocycles. The predicted octanol–water partition coefficient (Wildman–Crippen LogP) is 1.86. The summed E-state index contributed by atoms with van der Waals surface area (Å²) in [4.78, 5) is 39.9. The standard InChI is InChI=1S/C23H33NO7/c1-11-16-13-8-12(21(27)28-13)17(24(6)7)18(30-15(25)10-22(2,3)4)19-23(5,31-19)9-14(16)29-20(11)26/h8,11,13-14,16-19H,9-10H2,1-7H3/t11?,13-,14+,16+,17+,18-,19+,23+/m1/s1. The van der Waals surface area contributed by atoms with Crippen molar-refractivity contribution in [3.05, 3.63) is 11.6 Å². The van der Waals surface area contributed by atoms with E-state index in [2.05, 4.69) is 0 Å². The van der Waals surface area contributed by atoms with Crippen molar-refractivity contribution in [2.75, 3.05) is 14.1 Å². The minimum absolute atomic E-state index is 0.230. The Hall–Kier alpha value is -1.93. The van der Waals surface area contributed by atoms with Crippen LogP contribution in [-0.4, -0.2) is 73.0 Å². The minimum atomic E-state index is -0.682. The van der Waals surface area contributed by atoms with Crippen LogP contribution in [0.1, 0.15) is 47.5 Å². The Bertz CT molecular complexity index is 828. The summed E-state index contributed by atoms with van der Waals surface area (Å²) in [5.74, 6) is -1.71.